The molecule has 0 atom stereocenters. The van der Waals surface area contributed by atoms with E-state index in [4.69, 9.17) is 0 Å². The van der Waals surface area contributed by atoms with Gasteiger partial charge in [-0.05, 0) is 25.0 Å². The van der Waals surface area contributed by atoms with Crippen LogP contribution in [0.5, 0.6) is 0 Å². The Kier molecular flexibility index (Phi) is 4.73. The molecule has 10 heteroatoms. The fourth-order valence-corrected chi connectivity index (χ4v) is 5.79. The molecule has 1 aromatic heterocycles. The second-order valence-electron chi connectivity index (χ2n) is 6.65. The second kappa shape index (κ2) is 6.92. The van der Waals surface area contributed by atoms with Gasteiger partial charge in [-0.3, -0.25) is 4.79 Å². The summed E-state index contributed by atoms with van der Waals surface area (Å²) in [5.41, 5.74) is 0.712. The van der Waals surface area contributed by atoms with Gasteiger partial charge in [-0.25, -0.2) is 22.2 Å². The van der Waals surface area contributed by atoms with Crippen LogP contribution in [0.4, 0.5) is 13.9 Å². The molecule has 0 spiro atoms. The van der Waals surface area contributed by atoms with Gasteiger partial charge in [0.2, 0.25) is 15.9 Å². The summed E-state index contributed by atoms with van der Waals surface area (Å²) in [4.78, 5) is 16.2. The van der Waals surface area contributed by atoms with Crippen molar-refractivity contribution in [2.45, 2.75) is 37.1 Å². The molecular weight excluding hydrogens is 396 g/mol. The van der Waals surface area contributed by atoms with E-state index in [1.54, 1.807) is 0 Å². The van der Waals surface area contributed by atoms with Gasteiger partial charge in [0.15, 0.2) is 10.0 Å². The van der Waals surface area contributed by atoms with E-state index in [1.165, 1.54) is 11.3 Å². The molecule has 6 nitrogen and oxygen atoms in total. The summed E-state index contributed by atoms with van der Waals surface area (Å²) in [7, 11) is -4.31. The summed E-state index contributed by atoms with van der Waals surface area (Å²) < 4.78 is 54.4. The topological polar surface area (TPSA) is 79.4 Å². The van der Waals surface area contributed by atoms with Crippen molar-refractivity contribution >= 4 is 32.4 Å². The molecule has 2 aliphatic rings. The number of anilines is 1. The van der Waals surface area contributed by atoms with Crippen molar-refractivity contribution in [3.63, 3.8) is 0 Å². The molecule has 1 amide bonds. The van der Waals surface area contributed by atoms with E-state index >= 15 is 0 Å². The van der Waals surface area contributed by atoms with Gasteiger partial charge in [-0.15, -0.1) is 11.3 Å². The molecule has 2 heterocycles. The largest absolute Gasteiger partial charge is 0.302 e. The Morgan fingerprint density at radius 3 is 2.59 bits per heavy atom. The molecule has 27 heavy (non-hydrogen) atoms. The Balaban J connectivity index is 1.55. The van der Waals surface area contributed by atoms with Gasteiger partial charge in [0, 0.05) is 23.8 Å². The van der Waals surface area contributed by atoms with Crippen molar-refractivity contribution in [1.29, 1.82) is 0 Å². The average molecular weight is 413 g/mol. The van der Waals surface area contributed by atoms with E-state index in [9.17, 15) is 22.0 Å². The quantitative estimate of drug-likeness (QED) is 0.836. The van der Waals surface area contributed by atoms with Crippen molar-refractivity contribution < 1.29 is 22.0 Å². The third kappa shape index (κ3) is 3.37. The van der Waals surface area contributed by atoms with Crippen LogP contribution in [0.25, 0.3) is 0 Å². The summed E-state index contributed by atoms with van der Waals surface area (Å²) >= 11 is 1.20. The first kappa shape index (κ1) is 18.5. The lowest BCUT2D eigenvalue weighted by Gasteiger charge is -2.25. The molecular formula is C17H17F2N3O3S2. The molecule has 1 saturated carbocycles. The lowest BCUT2D eigenvalue weighted by molar-refractivity contribution is -0.122. The predicted octanol–water partition coefficient (Wildman–Crippen LogP) is 2.91. The van der Waals surface area contributed by atoms with Crippen LogP contribution >= 0.6 is 11.3 Å². The molecule has 1 aromatic carbocycles. The number of aromatic nitrogens is 1. The van der Waals surface area contributed by atoms with Crippen LogP contribution in [0.2, 0.25) is 0 Å². The van der Waals surface area contributed by atoms with Crippen LogP contribution in [-0.2, 0) is 27.8 Å². The summed E-state index contributed by atoms with van der Waals surface area (Å²) in [5.74, 6) is -2.27. The summed E-state index contributed by atoms with van der Waals surface area (Å²) in [6, 6.07) is 2.97. The predicted molar refractivity (Wildman–Crippen MR) is 95.7 cm³/mol. The smallest absolute Gasteiger partial charge is 0.249 e. The van der Waals surface area contributed by atoms with E-state index in [1.807, 2.05) is 0 Å². The molecule has 2 aromatic rings. The number of carbonyl (C=O) groups is 1. The van der Waals surface area contributed by atoms with Gasteiger partial charge in [0.25, 0.3) is 0 Å². The Hall–Kier alpha value is -1.91. The number of halogens is 2. The number of benzene rings is 1. The highest BCUT2D eigenvalue weighted by molar-refractivity contribution is 7.89. The minimum Gasteiger partial charge on any atom is -0.302 e. The highest BCUT2D eigenvalue weighted by Crippen LogP contribution is 2.33. The van der Waals surface area contributed by atoms with Gasteiger partial charge in [0.1, 0.15) is 11.6 Å². The zero-order chi connectivity index (χ0) is 19.2. The first-order chi connectivity index (χ1) is 12.9. The SMILES string of the molecule is O=C(Nc1nc2c(s1)CN(S(=O)(=O)c1c(F)cccc1F)CC2)C1CCC1. The third-order valence-corrected chi connectivity index (χ3v) is 7.81. The minimum atomic E-state index is -4.31. The number of nitrogens with zero attached hydrogens (tertiary/aromatic N) is 2. The normalized spacial score (nSPS) is 18.0. The Bertz CT molecular complexity index is 983. The average Bonchev–Trinajstić information content (AvgIpc) is 2.93. The van der Waals surface area contributed by atoms with E-state index < -0.39 is 26.6 Å². The van der Waals surface area contributed by atoms with Crippen LogP contribution < -0.4 is 5.32 Å². The van der Waals surface area contributed by atoms with Gasteiger partial charge in [-0.1, -0.05) is 12.5 Å². The van der Waals surface area contributed by atoms with Crippen LogP contribution in [0.1, 0.15) is 29.8 Å². The number of hydrogen-bond donors (Lipinski definition) is 1. The van der Waals surface area contributed by atoms with Crippen molar-refractivity contribution in [3.8, 4) is 0 Å². The molecule has 0 saturated heterocycles. The first-order valence-electron chi connectivity index (χ1n) is 8.60. The number of carbonyl (C=O) groups excluding carboxylic acids is 1. The maximum absolute atomic E-state index is 14.0. The number of nitrogens with one attached hydrogen (secondary N) is 1. The van der Waals surface area contributed by atoms with Gasteiger partial charge < -0.3 is 5.32 Å². The molecule has 1 aliphatic carbocycles. The minimum absolute atomic E-state index is 0.0202. The molecule has 4 rings (SSSR count). The highest BCUT2D eigenvalue weighted by atomic mass is 32.2. The fourth-order valence-electron chi connectivity index (χ4n) is 3.17. The summed E-state index contributed by atoms with van der Waals surface area (Å²) in [5, 5.41) is 3.22. The number of sulfonamides is 1. The number of thiazole rings is 1. The standard InChI is InChI=1S/C17H17F2N3O3S2/c18-11-5-2-6-12(19)15(11)27(24,25)22-8-7-13-14(9-22)26-17(20-13)21-16(23)10-3-1-4-10/h2,5-6,10H,1,3-4,7-9H2,(H,20,21,23). The summed E-state index contributed by atoms with van der Waals surface area (Å²) in [6.07, 6.45) is 3.11. The monoisotopic (exact) mass is 413 g/mol. The molecule has 1 aliphatic heterocycles. The number of hydrogen-bond acceptors (Lipinski definition) is 5. The van der Waals surface area contributed by atoms with Crippen molar-refractivity contribution in [3.05, 3.63) is 40.4 Å². The van der Waals surface area contributed by atoms with Crippen LogP contribution in [0.15, 0.2) is 23.1 Å². The Morgan fingerprint density at radius 2 is 1.96 bits per heavy atom. The van der Waals surface area contributed by atoms with Crippen LogP contribution in [-0.4, -0.2) is 30.2 Å². The van der Waals surface area contributed by atoms with E-state index in [2.05, 4.69) is 10.3 Å². The number of fused-ring (bicyclic) bond motifs is 1. The number of amides is 1. The molecule has 0 radical (unpaired) electrons. The molecule has 144 valence electrons. The van der Waals surface area contributed by atoms with Crippen molar-refractivity contribution in [2.75, 3.05) is 11.9 Å². The van der Waals surface area contributed by atoms with Gasteiger partial charge in [0.05, 0.1) is 12.2 Å². The van der Waals surface area contributed by atoms with Crippen LogP contribution in [0.3, 0.4) is 0 Å². The van der Waals surface area contributed by atoms with E-state index in [0.29, 0.717) is 22.1 Å². The van der Waals surface area contributed by atoms with Gasteiger partial charge in [-0.2, -0.15) is 4.31 Å². The first-order valence-corrected chi connectivity index (χ1v) is 10.9. The number of rotatable bonds is 4. The zero-order valence-corrected chi connectivity index (χ0v) is 15.9. The van der Waals surface area contributed by atoms with Crippen molar-refractivity contribution in [2.24, 2.45) is 5.92 Å². The zero-order valence-electron chi connectivity index (χ0n) is 14.2. The maximum atomic E-state index is 14.0. The highest BCUT2D eigenvalue weighted by Gasteiger charge is 2.34. The lowest BCUT2D eigenvalue weighted by Crippen LogP contribution is -2.36. The van der Waals surface area contributed by atoms with Crippen LogP contribution in [0, 0.1) is 17.6 Å². The molecule has 0 unspecified atom stereocenters. The molecule has 1 fully saturated rings. The molecule has 0 bridgehead atoms. The maximum Gasteiger partial charge on any atom is 0.249 e. The second-order valence-corrected chi connectivity index (χ2v) is 9.60. The Labute approximate surface area is 159 Å². The van der Waals surface area contributed by atoms with Gasteiger partial charge >= 0.3 is 0 Å². The Morgan fingerprint density at radius 1 is 1.26 bits per heavy atom. The third-order valence-electron chi connectivity index (χ3n) is 4.92. The van der Waals surface area contributed by atoms with E-state index in [0.717, 1.165) is 41.8 Å². The lowest BCUT2D eigenvalue weighted by atomic mass is 9.85. The van der Waals surface area contributed by atoms with Crippen molar-refractivity contribution in [1.82, 2.24) is 9.29 Å². The summed E-state index contributed by atoms with van der Waals surface area (Å²) in [6.45, 7) is 0.0469. The fraction of sp³-hybridized carbons (Fsp3) is 0.412. The van der Waals surface area contributed by atoms with E-state index in [-0.39, 0.29) is 24.9 Å². The molecule has 1 N–H and O–H groups in total.